The van der Waals surface area contributed by atoms with Crippen LogP contribution in [0.5, 0.6) is 0 Å². The maximum Gasteiger partial charge on any atom is 0.0542 e. The summed E-state index contributed by atoms with van der Waals surface area (Å²) >= 11 is 2.38. The van der Waals surface area contributed by atoms with E-state index in [1.165, 1.54) is 74.7 Å². The molecule has 0 radical (unpaired) electrons. The Kier molecular flexibility index (Phi) is 12.0. The van der Waals surface area contributed by atoms with E-state index in [0.717, 1.165) is 34.1 Å². The van der Waals surface area contributed by atoms with E-state index < -0.39 is 0 Å². The highest BCUT2D eigenvalue weighted by atomic mass is 127. The molecule has 14 aromatic rings. The molecule has 0 saturated heterocycles. The first-order valence-electron chi connectivity index (χ1n) is 24.2. The predicted molar refractivity (Wildman–Crippen MR) is 314 cm³/mol. The zero-order valence-corrected chi connectivity index (χ0v) is 41.5. The molecule has 6 heteroatoms. The molecule has 0 saturated carbocycles. The van der Waals surface area contributed by atoms with E-state index in [9.17, 15) is 0 Å². The molecule has 72 heavy (non-hydrogen) atoms. The largest absolute Gasteiger partial charge is 0.399 e. The van der Waals surface area contributed by atoms with Crippen molar-refractivity contribution in [2.45, 2.75) is 0 Å². The van der Waals surface area contributed by atoms with Gasteiger partial charge >= 0.3 is 0 Å². The molecule has 0 aliphatic rings. The van der Waals surface area contributed by atoms with Crippen molar-refractivity contribution in [3.63, 3.8) is 0 Å². The highest BCUT2D eigenvalue weighted by molar-refractivity contribution is 14.1. The molecule has 5 nitrogen and oxygen atoms in total. The van der Waals surface area contributed by atoms with E-state index >= 15 is 0 Å². The smallest absolute Gasteiger partial charge is 0.0542 e. The molecule has 0 amide bonds. The average Bonchev–Trinajstić information content (AvgIpc) is 4.08. The van der Waals surface area contributed by atoms with Crippen LogP contribution >= 0.6 is 22.6 Å². The zero-order valence-electron chi connectivity index (χ0n) is 39.3. The fraction of sp³-hybridized carbons (Fsp3) is 0. The van der Waals surface area contributed by atoms with E-state index in [2.05, 4.69) is 290 Å². The van der Waals surface area contributed by atoms with Crippen LogP contribution in [0.15, 0.2) is 279 Å². The number of para-hydroxylation sites is 8. The maximum absolute atomic E-state index is 5.36. The lowest BCUT2D eigenvalue weighted by Crippen LogP contribution is -2.09. The van der Waals surface area contributed by atoms with Gasteiger partial charge in [-0.1, -0.05) is 146 Å². The van der Waals surface area contributed by atoms with E-state index in [4.69, 9.17) is 5.73 Å². The summed E-state index contributed by atoms with van der Waals surface area (Å²) in [5.41, 5.74) is 20.4. The molecule has 0 unspecified atom stereocenters. The molecule has 14 rings (SSSR count). The highest BCUT2D eigenvalue weighted by Crippen LogP contribution is 2.42. The van der Waals surface area contributed by atoms with Gasteiger partial charge in [0.2, 0.25) is 0 Å². The number of hydrogen-bond donors (Lipinski definition) is 1. The van der Waals surface area contributed by atoms with Crippen LogP contribution in [0.1, 0.15) is 0 Å². The maximum atomic E-state index is 5.36. The van der Waals surface area contributed by atoms with Gasteiger partial charge in [0, 0.05) is 75.7 Å². The zero-order chi connectivity index (χ0) is 48.4. The molecule has 0 fully saturated rings. The fourth-order valence-electron chi connectivity index (χ4n) is 10.2. The summed E-state index contributed by atoms with van der Waals surface area (Å²) in [5.74, 6) is 0. The molecule has 0 aliphatic heterocycles. The second kappa shape index (κ2) is 19.5. The Balaban J connectivity index is 0.000000160. The monoisotopic (exact) mass is 1040 g/mol. The van der Waals surface area contributed by atoms with Crippen molar-refractivity contribution < 1.29 is 0 Å². The van der Waals surface area contributed by atoms with Crippen molar-refractivity contribution >= 4 is 111 Å². The minimum atomic E-state index is 0.822. The Morgan fingerprint density at radius 1 is 0.264 bits per heavy atom. The number of aromatic nitrogens is 3. The third kappa shape index (κ3) is 8.31. The van der Waals surface area contributed by atoms with Gasteiger partial charge in [-0.3, -0.25) is 0 Å². The van der Waals surface area contributed by atoms with Gasteiger partial charge in [0.05, 0.1) is 33.1 Å². The number of rotatable bonds is 6. The van der Waals surface area contributed by atoms with Crippen molar-refractivity contribution in [3.05, 3.63) is 283 Å². The molecule has 3 aromatic heterocycles. The molecule has 0 atom stereocenters. The minimum absolute atomic E-state index is 0.822. The summed E-state index contributed by atoms with van der Waals surface area (Å²) in [6, 6.07) is 98.4. The molecule has 11 aromatic carbocycles. The van der Waals surface area contributed by atoms with Crippen LogP contribution in [0.2, 0.25) is 0 Å². The lowest BCUT2D eigenvalue weighted by atomic mass is 10.1. The van der Waals surface area contributed by atoms with Gasteiger partial charge in [0.25, 0.3) is 0 Å². The third-order valence-corrected chi connectivity index (χ3v) is 14.0. The fourth-order valence-corrected chi connectivity index (χ4v) is 10.7. The molecule has 344 valence electrons. The molecular weight excluding hydrogens is 990 g/mol. The topological polar surface area (TPSA) is 44.0 Å². The number of benzene rings is 11. The van der Waals surface area contributed by atoms with Crippen LogP contribution in [0.25, 0.3) is 82.5 Å². The van der Waals surface area contributed by atoms with Gasteiger partial charge < -0.3 is 24.3 Å². The highest BCUT2D eigenvalue weighted by Gasteiger charge is 2.20. The van der Waals surface area contributed by atoms with Gasteiger partial charge in [-0.2, -0.15) is 0 Å². The summed E-state index contributed by atoms with van der Waals surface area (Å²) < 4.78 is 8.34. The SMILES string of the molecule is Ic1ccc2c(c1)c1ccccc1n2-c1ccccc1.Nc1ccccc1.c1ccc(N(c2ccc3c(c2)c2ccccc2n3-c2ccccc2)c2ccc3c(c2)c2ccccc2n3-c2ccccc2)cc1. The van der Waals surface area contributed by atoms with Gasteiger partial charge in [0.1, 0.15) is 0 Å². The van der Waals surface area contributed by atoms with Gasteiger partial charge in [0.15, 0.2) is 0 Å². The number of anilines is 4. The molecule has 2 N–H and O–H groups in total. The van der Waals surface area contributed by atoms with Crippen molar-refractivity contribution in [1.29, 1.82) is 0 Å². The van der Waals surface area contributed by atoms with Gasteiger partial charge in [-0.25, -0.2) is 0 Å². The Morgan fingerprint density at radius 2 is 0.569 bits per heavy atom. The normalized spacial score (nSPS) is 11.2. The number of hydrogen-bond acceptors (Lipinski definition) is 2. The summed E-state index contributed by atoms with van der Waals surface area (Å²) in [6.45, 7) is 0. The minimum Gasteiger partial charge on any atom is -0.399 e. The third-order valence-electron chi connectivity index (χ3n) is 13.3. The van der Waals surface area contributed by atoms with E-state index in [-0.39, 0.29) is 0 Å². The summed E-state index contributed by atoms with van der Waals surface area (Å²) in [7, 11) is 0. The number of nitrogens with two attached hydrogens (primary N) is 1. The van der Waals surface area contributed by atoms with Crippen molar-refractivity contribution in [1.82, 2.24) is 13.7 Å². The van der Waals surface area contributed by atoms with Crippen molar-refractivity contribution in [2.24, 2.45) is 0 Å². The van der Waals surface area contributed by atoms with Crippen LogP contribution in [0, 0.1) is 3.57 Å². The first-order chi connectivity index (χ1) is 35.6. The van der Waals surface area contributed by atoms with Crippen LogP contribution in [-0.2, 0) is 0 Å². The Morgan fingerprint density at radius 3 is 0.944 bits per heavy atom. The summed E-state index contributed by atoms with van der Waals surface area (Å²) in [5, 5.41) is 7.57. The predicted octanol–water partition coefficient (Wildman–Crippen LogP) is 18.0. The average molecular weight is 1040 g/mol. The lowest BCUT2D eigenvalue weighted by Gasteiger charge is -2.26. The Labute approximate surface area is 432 Å². The lowest BCUT2D eigenvalue weighted by molar-refractivity contribution is 1.18. The van der Waals surface area contributed by atoms with Crippen LogP contribution < -0.4 is 10.6 Å². The van der Waals surface area contributed by atoms with Gasteiger partial charge in [-0.05, 0) is 156 Å². The first-order valence-corrected chi connectivity index (χ1v) is 25.2. The number of nitrogens with zero attached hydrogens (tertiary/aromatic N) is 4. The number of fused-ring (bicyclic) bond motifs is 9. The Hall–Kier alpha value is -8.85. The number of halogens is 1. The molecule has 3 heterocycles. The summed E-state index contributed by atoms with van der Waals surface area (Å²) in [4.78, 5) is 2.38. The van der Waals surface area contributed by atoms with Gasteiger partial charge in [-0.15, -0.1) is 0 Å². The van der Waals surface area contributed by atoms with E-state index in [1.54, 1.807) is 0 Å². The van der Waals surface area contributed by atoms with Crippen LogP contribution in [0.3, 0.4) is 0 Å². The molecular formula is C66H48IN5. The Bertz CT molecular complexity index is 4010. The summed E-state index contributed by atoms with van der Waals surface area (Å²) in [6.07, 6.45) is 0. The second-order valence-electron chi connectivity index (χ2n) is 17.7. The number of nitrogen functional groups attached to an aromatic ring is 1. The molecule has 0 aliphatic carbocycles. The second-order valence-corrected chi connectivity index (χ2v) is 19.0. The van der Waals surface area contributed by atoms with Crippen molar-refractivity contribution in [2.75, 3.05) is 10.6 Å². The standard InChI is InChI=1S/C42H29N3.C18H12IN.C6H7N/c1-4-14-30(15-5-1)43(33-24-26-41-37(28-33)35-20-10-12-22-39(35)44(41)31-16-6-2-7-17-31)34-25-27-42-38(29-34)36-21-11-13-23-40(36)45(42)32-18-8-3-9-19-32;19-13-10-11-18-16(12-13)15-8-4-5-9-17(15)20(18)14-6-2-1-3-7-14;7-6-4-2-1-3-5-6/h1-29H;1-12H;1-5H,7H2. The van der Waals surface area contributed by atoms with E-state index in [0.29, 0.717) is 0 Å². The van der Waals surface area contributed by atoms with Crippen molar-refractivity contribution in [3.8, 4) is 17.1 Å². The van der Waals surface area contributed by atoms with E-state index in [1.807, 2.05) is 30.3 Å². The first kappa shape index (κ1) is 44.4. The quantitative estimate of drug-likeness (QED) is 0.133. The molecule has 0 spiro atoms. The van der Waals surface area contributed by atoms with Crippen LogP contribution in [-0.4, -0.2) is 13.7 Å². The van der Waals surface area contributed by atoms with Crippen LogP contribution in [0.4, 0.5) is 22.7 Å². The molecule has 0 bridgehead atoms.